The van der Waals surface area contributed by atoms with Gasteiger partial charge in [0.2, 0.25) is 11.9 Å². The maximum absolute atomic E-state index is 13.0. The van der Waals surface area contributed by atoms with Gasteiger partial charge in [-0.05, 0) is 75.8 Å². The van der Waals surface area contributed by atoms with Gasteiger partial charge in [0.25, 0.3) is 0 Å². The fourth-order valence-electron chi connectivity index (χ4n) is 5.78. The zero-order valence-corrected chi connectivity index (χ0v) is 19.3. The van der Waals surface area contributed by atoms with Crippen molar-refractivity contribution in [3.05, 3.63) is 24.2 Å². The topological polar surface area (TPSA) is 76.2 Å². The summed E-state index contributed by atoms with van der Waals surface area (Å²) in [6, 6.07) is 4.11. The first-order chi connectivity index (χ1) is 15.1. The summed E-state index contributed by atoms with van der Waals surface area (Å²) < 4.78 is 7.68. The van der Waals surface area contributed by atoms with Crippen molar-refractivity contribution in [3.63, 3.8) is 0 Å². The van der Waals surface area contributed by atoms with E-state index in [4.69, 9.17) is 4.42 Å². The van der Waals surface area contributed by atoms with E-state index in [2.05, 4.69) is 31.9 Å². The summed E-state index contributed by atoms with van der Waals surface area (Å²) in [5, 5.41) is 12.8. The summed E-state index contributed by atoms with van der Waals surface area (Å²) in [5.74, 6) is 4.18. The van der Waals surface area contributed by atoms with Gasteiger partial charge < -0.3 is 14.6 Å². The molecule has 2 aromatic heterocycles. The number of amides is 1. The van der Waals surface area contributed by atoms with Crippen LogP contribution in [0.5, 0.6) is 0 Å². The zero-order valence-electron chi connectivity index (χ0n) is 18.5. The molecular weight excluding hydrogens is 410 g/mol. The molecule has 0 unspecified atom stereocenters. The molecular formula is C23H33N5O2S. The van der Waals surface area contributed by atoms with Crippen LogP contribution in [-0.4, -0.2) is 45.1 Å². The van der Waals surface area contributed by atoms with E-state index in [0.717, 1.165) is 41.8 Å². The third-order valence-electron chi connectivity index (χ3n) is 7.44. The predicted octanol–water partition coefficient (Wildman–Crippen LogP) is 3.94. The number of fused-ring (bicyclic) bond motifs is 2. The summed E-state index contributed by atoms with van der Waals surface area (Å²) in [7, 11) is 0. The SMILES string of the molecule is C[C@H](Sc1nnc(N2CCCC2)n1Cc1ccco1)C(=O)N[C@H](C)[C@H]1C[C@H]2CC[C@H]1C2. The van der Waals surface area contributed by atoms with Crippen molar-refractivity contribution in [1.82, 2.24) is 20.1 Å². The Kier molecular flexibility index (Phi) is 5.99. The molecule has 1 saturated heterocycles. The van der Waals surface area contributed by atoms with Crippen molar-refractivity contribution in [3.8, 4) is 0 Å². The summed E-state index contributed by atoms with van der Waals surface area (Å²) in [5.41, 5.74) is 0. The maximum Gasteiger partial charge on any atom is 0.233 e. The number of nitrogens with zero attached hydrogens (tertiary/aromatic N) is 4. The van der Waals surface area contributed by atoms with Crippen LogP contribution in [0.15, 0.2) is 28.0 Å². The lowest BCUT2D eigenvalue weighted by Crippen LogP contribution is -2.43. The van der Waals surface area contributed by atoms with Crippen LogP contribution in [0, 0.1) is 17.8 Å². The molecule has 5 atom stereocenters. The number of furan rings is 1. The van der Waals surface area contributed by atoms with Crippen molar-refractivity contribution in [1.29, 1.82) is 0 Å². The molecule has 2 aliphatic carbocycles. The first-order valence-corrected chi connectivity index (χ1v) is 12.6. The van der Waals surface area contributed by atoms with Crippen LogP contribution in [0.2, 0.25) is 0 Å². The molecule has 0 aromatic carbocycles. The van der Waals surface area contributed by atoms with Crippen LogP contribution in [0.25, 0.3) is 0 Å². The Morgan fingerprint density at radius 3 is 2.77 bits per heavy atom. The average Bonchev–Trinajstić information content (AvgIpc) is 3.57. The average molecular weight is 444 g/mol. The van der Waals surface area contributed by atoms with E-state index in [9.17, 15) is 4.79 Å². The van der Waals surface area contributed by atoms with Crippen molar-refractivity contribution < 1.29 is 9.21 Å². The van der Waals surface area contributed by atoms with Gasteiger partial charge in [-0.15, -0.1) is 10.2 Å². The van der Waals surface area contributed by atoms with Gasteiger partial charge in [0.1, 0.15) is 5.76 Å². The highest BCUT2D eigenvalue weighted by atomic mass is 32.2. The second-order valence-corrected chi connectivity index (χ2v) is 10.8. The van der Waals surface area contributed by atoms with E-state index in [-0.39, 0.29) is 17.2 Å². The molecule has 168 valence electrons. The van der Waals surface area contributed by atoms with Crippen molar-refractivity contribution in [2.45, 2.75) is 75.4 Å². The van der Waals surface area contributed by atoms with Gasteiger partial charge >= 0.3 is 0 Å². The molecule has 2 aromatic rings. The number of anilines is 1. The lowest BCUT2D eigenvalue weighted by atomic mass is 9.84. The molecule has 3 fully saturated rings. The fourth-order valence-corrected chi connectivity index (χ4v) is 6.64. The predicted molar refractivity (Wildman–Crippen MR) is 121 cm³/mol. The maximum atomic E-state index is 13.0. The van der Waals surface area contributed by atoms with Gasteiger partial charge in [-0.2, -0.15) is 0 Å². The molecule has 2 saturated carbocycles. The normalized spacial score (nSPS) is 27.0. The van der Waals surface area contributed by atoms with Gasteiger partial charge in [0, 0.05) is 19.1 Å². The highest BCUT2D eigenvalue weighted by Gasteiger charge is 2.42. The van der Waals surface area contributed by atoms with Crippen LogP contribution in [-0.2, 0) is 11.3 Å². The molecule has 1 aliphatic heterocycles. The molecule has 1 N–H and O–H groups in total. The Labute approximate surface area is 188 Å². The number of hydrogen-bond donors (Lipinski definition) is 1. The first kappa shape index (κ1) is 20.9. The van der Waals surface area contributed by atoms with E-state index in [1.807, 2.05) is 19.1 Å². The smallest absolute Gasteiger partial charge is 0.233 e. The van der Waals surface area contributed by atoms with Gasteiger partial charge in [-0.25, -0.2) is 0 Å². The highest BCUT2D eigenvalue weighted by molar-refractivity contribution is 8.00. The molecule has 5 rings (SSSR count). The number of thioether (sulfide) groups is 1. The molecule has 3 aliphatic rings. The lowest BCUT2D eigenvalue weighted by molar-refractivity contribution is -0.121. The highest BCUT2D eigenvalue weighted by Crippen LogP contribution is 2.49. The third kappa shape index (κ3) is 4.36. The number of rotatable bonds is 8. The quantitative estimate of drug-likeness (QED) is 0.623. The van der Waals surface area contributed by atoms with Crippen molar-refractivity contribution in [2.75, 3.05) is 18.0 Å². The minimum atomic E-state index is -0.230. The molecule has 8 heteroatoms. The molecule has 31 heavy (non-hydrogen) atoms. The van der Waals surface area contributed by atoms with E-state index in [1.165, 1.54) is 50.3 Å². The Bertz CT molecular complexity index is 892. The summed E-state index contributed by atoms with van der Waals surface area (Å²) >= 11 is 1.49. The number of hydrogen-bond acceptors (Lipinski definition) is 6. The Hall–Kier alpha value is -1.96. The second-order valence-electron chi connectivity index (χ2n) is 9.54. The van der Waals surface area contributed by atoms with E-state index in [0.29, 0.717) is 12.5 Å². The van der Waals surface area contributed by atoms with E-state index < -0.39 is 0 Å². The number of carbonyl (C=O) groups is 1. The molecule has 1 amide bonds. The Balaban J connectivity index is 1.26. The van der Waals surface area contributed by atoms with Crippen molar-refractivity contribution >= 4 is 23.6 Å². The minimum Gasteiger partial charge on any atom is -0.467 e. The van der Waals surface area contributed by atoms with Crippen LogP contribution in [0.1, 0.15) is 58.1 Å². The summed E-state index contributed by atoms with van der Waals surface area (Å²) in [6.07, 6.45) is 9.42. The molecule has 2 bridgehead atoms. The molecule has 0 spiro atoms. The third-order valence-corrected chi connectivity index (χ3v) is 8.52. The minimum absolute atomic E-state index is 0.0931. The molecule has 3 heterocycles. The fraction of sp³-hybridized carbons (Fsp3) is 0.696. The lowest BCUT2D eigenvalue weighted by Gasteiger charge is -2.29. The molecule has 7 nitrogen and oxygen atoms in total. The number of carbonyl (C=O) groups excluding carboxylic acids is 1. The number of nitrogens with one attached hydrogen (secondary N) is 1. The first-order valence-electron chi connectivity index (χ1n) is 11.8. The van der Waals surface area contributed by atoms with Crippen LogP contribution in [0.4, 0.5) is 5.95 Å². The summed E-state index contributed by atoms with van der Waals surface area (Å²) in [4.78, 5) is 15.3. The zero-order chi connectivity index (χ0) is 21.4. The van der Waals surface area contributed by atoms with Gasteiger partial charge in [-0.1, -0.05) is 18.2 Å². The summed E-state index contributed by atoms with van der Waals surface area (Å²) in [6.45, 7) is 6.72. The Morgan fingerprint density at radius 2 is 2.10 bits per heavy atom. The molecule has 0 radical (unpaired) electrons. The van der Waals surface area contributed by atoms with Gasteiger partial charge in [0.15, 0.2) is 5.16 Å². The van der Waals surface area contributed by atoms with Crippen LogP contribution >= 0.6 is 11.8 Å². The van der Waals surface area contributed by atoms with Gasteiger partial charge in [-0.3, -0.25) is 9.36 Å². The monoisotopic (exact) mass is 443 g/mol. The van der Waals surface area contributed by atoms with Gasteiger partial charge in [0.05, 0.1) is 18.1 Å². The number of aromatic nitrogens is 3. The second kappa shape index (κ2) is 8.88. The van der Waals surface area contributed by atoms with Crippen LogP contribution in [0.3, 0.4) is 0 Å². The Morgan fingerprint density at radius 1 is 1.26 bits per heavy atom. The standard InChI is InChI=1S/C23H33N5O2S/c1-15(20-13-17-7-8-18(20)12-17)24-21(29)16(2)31-23-26-25-22(27-9-3-4-10-27)28(23)14-19-6-5-11-30-19/h5-6,11,15-18,20H,3-4,7-10,12-14H2,1-2H3,(H,24,29)/t15-,16+,17+,18+,20-/m1/s1. The van der Waals surface area contributed by atoms with E-state index in [1.54, 1.807) is 6.26 Å². The largest absolute Gasteiger partial charge is 0.467 e. The van der Waals surface area contributed by atoms with Crippen LogP contribution < -0.4 is 10.2 Å². The van der Waals surface area contributed by atoms with E-state index >= 15 is 0 Å². The van der Waals surface area contributed by atoms with Crippen molar-refractivity contribution in [2.24, 2.45) is 17.8 Å².